The Morgan fingerprint density at radius 1 is 0.667 bits per heavy atom. The summed E-state index contributed by atoms with van der Waals surface area (Å²) in [6, 6.07) is 13.7. The minimum atomic E-state index is -0.212. The van der Waals surface area contributed by atoms with E-state index >= 15 is 0 Å². The molecule has 8 heteroatoms. The molecule has 0 saturated heterocycles. The van der Waals surface area contributed by atoms with E-state index in [4.69, 9.17) is 0 Å². The summed E-state index contributed by atoms with van der Waals surface area (Å²) >= 11 is 0. The SMILES string of the molecule is CCN1C(=O)c2ccccc2C1=O.CN1C(=O)c2ccccc2C1=O.COCOC. The van der Waals surface area contributed by atoms with E-state index in [1.165, 1.54) is 11.9 Å². The molecule has 2 aromatic carbocycles. The van der Waals surface area contributed by atoms with Crippen molar-refractivity contribution in [2.24, 2.45) is 0 Å². The van der Waals surface area contributed by atoms with Gasteiger partial charge >= 0.3 is 0 Å². The molecular formula is C22H24N2O6. The van der Waals surface area contributed by atoms with Crippen molar-refractivity contribution in [3.63, 3.8) is 0 Å². The van der Waals surface area contributed by atoms with E-state index < -0.39 is 0 Å². The van der Waals surface area contributed by atoms with Crippen LogP contribution in [0.2, 0.25) is 0 Å². The van der Waals surface area contributed by atoms with Crippen molar-refractivity contribution in [3.8, 4) is 0 Å². The third-order valence-corrected chi connectivity index (χ3v) is 4.43. The van der Waals surface area contributed by atoms with Crippen LogP contribution in [0.1, 0.15) is 48.4 Å². The fourth-order valence-electron chi connectivity index (χ4n) is 2.95. The predicted molar refractivity (Wildman–Crippen MR) is 109 cm³/mol. The molecule has 0 bridgehead atoms. The van der Waals surface area contributed by atoms with Crippen molar-refractivity contribution < 1.29 is 28.7 Å². The Morgan fingerprint density at radius 3 is 1.27 bits per heavy atom. The number of hydrogen-bond donors (Lipinski definition) is 0. The summed E-state index contributed by atoms with van der Waals surface area (Å²) in [5.74, 6) is -0.780. The molecule has 0 saturated carbocycles. The van der Waals surface area contributed by atoms with Crippen molar-refractivity contribution in [2.45, 2.75) is 6.92 Å². The van der Waals surface area contributed by atoms with E-state index in [1.54, 1.807) is 69.7 Å². The van der Waals surface area contributed by atoms with Gasteiger partial charge < -0.3 is 9.47 Å². The van der Waals surface area contributed by atoms with Crippen molar-refractivity contribution in [1.82, 2.24) is 9.80 Å². The Labute approximate surface area is 175 Å². The molecule has 0 aromatic heterocycles. The highest BCUT2D eigenvalue weighted by molar-refractivity contribution is 6.21. The minimum absolute atomic E-state index is 0.178. The molecule has 2 aromatic rings. The Hall–Kier alpha value is -3.36. The van der Waals surface area contributed by atoms with Crippen LogP contribution in [0.5, 0.6) is 0 Å². The molecular weight excluding hydrogens is 388 g/mol. The van der Waals surface area contributed by atoms with Gasteiger partial charge in [0.1, 0.15) is 6.79 Å². The monoisotopic (exact) mass is 412 g/mol. The lowest BCUT2D eigenvalue weighted by atomic mass is 10.1. The van der Waals surface area contributed by atoms with Crippen LogP contribution in [-0.4, -0.2) is 68.0 Å². The molecule has 0 aliphatic carbocycles. The van der Waals surface area contributed by atoms with Gasteiger partial charge in [-0.2, -0.15) is 0 Å². The number of carbonyl (C=O) groups is 4. The topological polar surface area (TPSA) is 93.2 Å². The summed E-state index contributed by atoms with van der Waals surface area (Å²) in [6.07, 6.45) is 0. The van der Waals surface area contributed by atoms with Gasteiger partial charge in [0.15, 0.2) is 0 Å². The Bertz CT molecular complexity index is 884. The average molecular weight is 412 g/mol. The number of benzene rings is 2. The maximum absolute atomic E-state index is 11.5. The summed E-state index contributed by atoms with van der Waals surface area (Å²) in [5, 5.41) is 0. The largest absolute Gasteiger partial charge is 0.359 e. The first kappa shape index (κ1) is 22.9. The van der Waals surface area contributed by atoms with E-state index in [9.17, 15) is 19.2 Å². The quantitative estimate of drug-likeness (QED) is 0.568. The smallest absolute Gasteiger partial charge is 0.261 e. The van der Waals surface area contributed by atoms with E-state index in [1.807, 2.05) is 0 Å². The predicted octanol–water partition coefficient (Wildman–Crippen LogP) is 2.45. The first-order chi connectivity index (χ1) is 14.4. The molecule has 0 unspecified atom stereocenters. The number of fused-ring (bicyclic) bond motifs is 2. The number of hydrogen-bond acceptors (Lipinski definition) is 6. The molecule has 0 N–H and O–H groups in total. The molecule has 4 rings (SSSR count). The zero-order chi connectivity index (χ0) is 22.3. The Morgan fingerprint density at radius 2 is 1.00 bits per heavy atom. The minimum Gasteiger partial charge on any atom is -0.359 e. The van der Waals surface area contributed by atoms with Crippen LogP contribution >= 0.6 is 0 Å². The van der Waals surface area contributed by atoms with E-state index in [2.05, 4.69) is 9.47 Å². The summed E-state index contributed by atoms with van der Waals surface area (Å²) in [5.41, 5.74) is 2.05. The van der Waals surface area contributed by atoms with Gasteiger partial charge in [-0.25, -0.2) is 0 Å². The van der Waals surface area contributed by atoms with Crippen molar-refractivity contribution in [2.75, 3.05) is 34.6 Å². The van der Waals surface area contributed by atoms with Gasteiger partial charge in [0, 0.05) is 27.8 Å². The molecule has 0 radical (unpaired) electrons. The van der Waals surface area contributed by atoms with Gasteiger partial charge in [0.25, 0.3) is 23.6 Å². The van der Waals surface area contributed by atoms with Crippen LogP contribution in [0.15, 0.2) is 48.5 Å². The zero-order valence-electron chi connectivity index (χ0n) is 17.4. The summed E-state index contributed by atoms with van der Waals surface area (Å²) < 4.78 is 8.94. The first-order valence-electron chi connectivity index (χ1n) is 9.23. The van der Waals surface area contributed by atoms with Crippen molar-refractivity contribution in [3.05, 3.63) is 70.8 Å². The lowest BCUT2D eigenvalue weighted by Gasteiger charge is -2.08. The third-order valence-electron chi connectivity index (χ3n) is 4.43. The van der Waals surface area contributed by atoms with Crippen LogP contribution < -0.4 is 0 Å². The molecule has 2 aliphatic heterocycles. The molecule has 2 aliphatic rings. The number of ether oxygens (including phenoxy) is 2. The Balaban J connectivity index is 0.000000176. The first-order valence-corrected chi connectivity index (χ1v) is 9.23. The highest BCUT2D eigenvalue weighted by Gasteiger charge is 2.33. The zero-order valence-corrected chi connectivity index (χ0v) is 17.4. The molecule has 4 amide bonds. The third kappa shape index (κ3) is 4.61. The second-order valence-corrected chi connectivity index (χ2v) is 6.31. The number of amides is 4. The number of nitrogens with zero attached hydrogens (tertiary/aromatic N) is 2. The van der Waals surface area contributed by atoms with Gasteiger partial charge in [-0.15, -0.1) is 0 Å². The van der Waals surface area contributed by atoms with Gasteiger partial charge in [-0.3, -0.25) is 29.0 Å². The second kappa shape index (κ2) is 10.4. The van der Waals surface area contributed by atoms with Crippen LogP contribution in [0, 0.1) is 0 Å². The molecule has 8 nitrogen and oxygen atoms in total. The summed E-state index contributed by atoms with van der Waals surface area (Å²) in [7, 11) is 4.66. The normalized spacial score (nSPS) is 14.0. The van der Waals surface area contributed by atoms with E-state index in [0.29, 0.717) is 35.6 Å². The van der Waals surface area contributed by atoms with Crippen LogP contribution in [0.25, 0.3) is 0 Å². The maximum atomic E-state index is 11.5. The van der Waals surface area contributed by atoms with Gasteiger partial charge in [0.05, 0.1) is 22.3 Å². The van der Waals surface area contributed by atoms with Gasteiger partial charge in [-0.05, 0) is 31.2 Å². The molecule has 0 spiro atoms. The van der Waals surface area contributed by atoms with E-state index in [-0.39, 0.29) is 23.6 Å². The summed E-state index contributed by atoms with van der Waals surface area (Å²) in [6.45, 7) is 2.62. The van der Waals surface area contributed by atoms with Crippen LogP contribution in [-0.2, 0) is 9.47 Å². The number of rotatable bonds is 3. The molecule has 0 fully saturated rings. The molecule has 2 heterocycles. The van der Waals surface area contributed by atoms with Crippen LogP contribution in [0.3, 0.4) is 0 Å². The highest BCUT2D eigenvalue weighted by Crippen LogP contribution is 2.22. The van der Waals surface area contributed by atoms with Gasteiger partial charge in [0.2, 0.25) is 0 Å². The van der Waals surface area contributed by atoms with Crippen molar-refractivity contribution >= 4 is 23.6 Å². The molecule has 0 atom stereocenters. The lowest BCUT2D eigenvalue weighted by Crippen LogP contribution is -2.29. The standard InChI is InChI=1S/C10H9NO2.C9H7NO2.C3H8O2/c1-2-11-9(12)7-5-3-4-6-8(7)10(11)13;1-10-8(11)6-4-2-3-5-7(6)9(10)12;1-4-3-5-2/h3-6H,2H2,1H3;2-5H,1H3;3H2,1-2H3. The fourth-order valence-corrected chi connectivity index (χ4v) is 2.95. The fraction of sp³-hybridized carbons (Fsp3) is 0.273. The number of imide groups is 2. The lowest BCUT2D eigenvalue weighted by molar-refractivity contribution is -0.00272. The summed E-state index contributed by atoms with van der Waals surface area (Å²) in [4.78, 5) is 48.1. The van der Waals surface area contributed by atoms with Crippen LogP contribution in [0.4, 0.5) is 0 Å². The number of methoxy groups -OCH3 is 2. The highest BCUT2D eigenvalue weighted by atomic mass is 16.6. The molecule has 158 valence electrons. The van der Waals surface area contributed by atoms with Crippen molar-refractivity contribution in [1.29, 1.82) is 0 Å². The second-order valence-electron chi connectivity index (χ2n) is 6.31. The number of carbonyl (C=O) groups excluding carboxylic acids is 4. The van der Waals surface area contributed by atoms with Gasteiger partial charge in [-0.1, -0.05) is 24.3 Å². The Kier molecular flexibility index (Phi) is 7.97. The average Bonchev–Trinajstić information content (AvgIpc) is 3.15. The maximum Gasteiger partial charge on any atom is 0.261 e. The van der Waals surface area contributed by atoms with E-state index in [0.717, 1.165) is 4.90 Å². The molecule has 30 heavy (non-hydrogen) atoms.